The molecule has 88 valence electrons. The van der Waals surface area contributed by atoms with Crippen molar-refractivity contribution in [2.75, 3.05) is 0 Å². The lowest BCUT2D eigenvalue weighted by Gasteiger charge is -1.90. The van der Waals surface area contributed by atoms with E-state index in [9.17, 15) is 0 Å². The van der Waals surface area contributed by atoms with E-state index in [1.54, 1.807) is 0 Å². The number of aromatic nitrogens is 2. The van der Waals surface area contributed by atoms with E-state index in [4.69, 9.17) is 0 Å². The number of hydrogen-bond donors (Lipinski definition) is 2. The molecule has 2 heteroatoms. The fourth-order valence-electron chi connectivity index (χ4n) is 1.41. The van der Waals surface area contributed by atoms with E-state index in [-0.39, 0.29) is 0 Å². The van der Waals surface area contributed by atoms with E-state index in [0.717, 1.165) is 0 Å². The summed E-state index contributed by atoms with van der Waals surface area (Å²) in [7, 11) is 0. The van der Waals surface area contributed by atoms with Crippen molar-refractivity contribution in [3.63, 3.8) is 0 Å². The number of hydrogen-bond acceptors (Lipinski definition) is 0. The van der Waals surface area contributed by atoms with Crippen molar-refractivity contribution in [2.45, 2.75) is 40.0 Å². The topological polar surface area (TPSA) is 31.6 Å². The van der Waals surface area contributed by atoms with Gasteiger partial charge >= 0.3 is 0 Å². The molecule has 0 saturated carbocycles. The quantitative estimate of drug-likeness (QED) is 0.780. The van der Waals surface area contributed by atoms with Gasteiger partial charge in [0.1, 0.15) is 0 Å². The highest BCUT2D eigenvalue weighted by molar-refractivity contribution is 5.18. The van der Waals surface area contributed by atoms with Gasteiger partial charge in [0.05, 0.1) is 0 Å². The molecule has 2 rings (SSSR count). The standard InChI is InChI=1S/C8H13N.C6H9N/c1-2-3-4-8-5-6-9-7-8;1-5-3-7-4-6(5)2/h5-7,9H,2-4H2,1H3;3-4,7H,1-2H3. The predicted molar refractivity (Wildman–Crippen MR) is 69.7 cm³/mol. The molecule has 0 fully saturated rings. The largest absolute Gasteiger partial charge is 0.367 e. The van der Waals surface area contributed by atoms with Crippen LogP contribution >= 0.6 is 0 Å². The molecule has 0 aliphatic rings. The highest BCUT2D eigenvalue weighted by atomic mass is 14.6. The molecule has 0 spiro atoms. The summed E-state index contributed by atoms with van der Waals surface area (Å²) in [5.41, 5.74) is 4.09. The Kier molecular flexibility index (Phi) is 5.48. The molecule has 2 N–H and O–H groups in total. The minimum Gasteiger partial charge on any atom is -0.367 e. The van der Waals surface area contributed by atoms with Crippen molar-refractivity contribution in [1.82, 2.24) is 9.97 Å². The summed E-state index contributed by atoms with van der Waals surface area (Å²) in [6.07, 6.45) is 11.8. The lowest BCUT2D eigenvalue weighted by atomic mass is 10.2. The van der Waals surface area contributed by atoms with Crippen LogP contribution < -0.4 is 0 Å². The maximum atomic E-state index is 3.04. The molecule has 0 saturated heterocycles. The Bertz CT molecular complexity index is 355. The smallest absolute Gasteiger partial charge is 0.00373 e. The van der Waals surface area contributed by atoms with Crippen molar-refractivity contribution >= 4 is 0 Å². The molecule has 0 aromatic carbocycles. The van der Waals surface area contributed by atoms with Gasteiger partial charge < -0.3 is 9.97 Å². The molecule has 16 heavy (non-hydrogen) atoms. The molecule has 0 bridgehead atoms. The van der Waals surface area contributed by atoms with Crippen LogP contribution in [-0.2, 0) is 6.42 Å². The van der Waals surface area contributed by atoms with Crippen molar-refractivity contribution in [3.8, 4) is 0 Å². The van der Waals surface area contributed by atoms with Gasteiger partial charge in [0.2, 0.25) is 0 Å². The second-order valence-corrected chi connectivity index (χ2v) is 4.14. The summed E-state index contributed by atoms with van der Waals surface area (Å²) < 4.78 is 0. The van der Waals surface area contributed by atoms with Crippen LogP contribution in [0.3, 0.4) is 0 Å². The van der Waals surface area contributed by atoms with Crippen molar-refractivity contribution in [2.24, 2.45) is 0 Å². The summed E-state index contributed by atoms with van der Waals surface area (Å²) in [6, 6.07) is 2.13. The van der Waals surface area contributed by atoms with Crippen LogP contribution in [0.2, 0.25) is 0 Å². The first-order valence-electron chi connectivity index (χ1n) is 5.95. The molecule has 0 amide bonds. The summed E-state index contributed by atoms with van der Waals surface area (Å²) in [4.78, 5) is 6.04. The number of unbranched alkanes of at least 4 members (excludes halogenated alkanes) is 1. The molecule has 0 aliphatic carbocycles. The summed E-state index contributed by atoms with van der Waals surface area (Å²) in [5.74, 6) is 0. The molecule has 2 nitrogen and oxygen atoms in total. The number of aromatic amines is 2. The Morgan fingerprint density at radius 1 is 1.00 bits per heavy atom. The van der Waals surface area contributed by atoms with Gasteiger partial charge in [-0.3, -0.25) is 0 Å². The first-order chi connectivity index (χ1) is 7.74. The molecule has 0 radical (unpaired) electrons. The van der Waals surface area contributed by atoms with Crippen LogP contribution in [0.1, 0.15) is 36.5 Å². The Morgan fingerprint density at radius 3 is 2.06 bits per heavy atom. The zero-order chi connectivity index (χ0) is 11.8. The average Bonchev–Trinajstić information content (AvgIpc) is 2.90. The Hall–Kier alpha value is -1.44. The highest BCUT2D eigenvalue weighted by Crippen LogP contribution is 2.02. The van der Waals surface area contributed by atoms with E-state index >= 15 is 0 Å². The number of H-pyrrole nitrogens is 2. The van der Waals surface area contributed by atoms with Crippen LogP contribution in [0.25, 0.3) is 0 Å². The molecule has 0 atom stereocenters. The average molecular weight is 218 g/mol. The molecule has 0 aliphatic heterocycles. The van der Waals surface area contributed by atoms with Gasteiger partial charge in [-0.25, -0.2) is 0 Å². The molecule has 0 unspecified atom stereocenters. The maximum absolute atomic E-state index is 3.04. The maximum Gasteiger partial charge on any atom is 0.00373 e. The van der Waals surface area contributed by atoms with E-state index in [0.29, 0.717) is 0 Å². The molecular weight excluding hydrogens is 196 g/mol. The van der Waals surface area contributed by atoms with Gasteiger partial charge in [0.25, 0.3) is 0 Å². The zero-order valence-electron chi connectivity index (χ0n) is 10.5. The lowest BCUT2D eigenvalue weighted by molar-refractivity contribution is 0.796. The minimum absolute atomic E-state index is 1.22. The van der Waals surface area contributed by atoms with E-state index in [1.807, 2.05) is 18.6 Å². The molecule has 2 heterocycles. The second kappa shape index (κ2) is 6.94. The molecule has 2 aromatic rings. The Balaban J connectivity index is 0.000000165. The fourth-order valence-corrected chi connectivity index (χ4v) is 1.41. The lowest BCUT2D eigenvalue weighted by Crippen LogP contribution is -1.78. The Morgan fingerprint density at radius 2 is 1.69 bits per heavy atom. The van der Waals surface area contributed by atoms with Gasteiger partial charge in [-0.1, -0.05) is 13.3 Å². The van der Waals surface area contributed by atoms with Crippen LogP contribution in [0.5, 0.6) is 0 Å². The third kappa shape index (κ3) is 4.39. The SMILES string of the molecule is CCCCc1cc[nH]c1.Cc1c[nH]cc1C. The third-order valence-electron chi connectivity index (χ3n) is 2.70. The van der Waals surface area contributed by atoms with Gasteiger partial charge in [-0.2, -0.15) is 0 Å². The van der Waals surface area contributed by atoms with Gasteiger partial charge in [0.15, 0.2) is 0 Å². The van der Waals surface area contributed by atoms with Crippen LogP contribution in [0, 0.1) is 13.8 Å². The van der Waals surface area contributed by atoms with Crippen LogP contribution in [0.4, 0.5) is 0 Å². The van der Waals surface area contributed by atoms with Crippen LogP contribution in [0.15, 0.2) is 30.9 Å². The van der Waals surface area contributed by atoms with Gasteiger partial charge in [0, 0.05) is 24.8 Å². The zero-order valence-corrected chi connectivity index (χ0v) is 10.5. The summed E-state index contributed by atoms with van der Waals surface area (Å²) in [5, 5.41) is 0. The number of aryl methyl sites for hydroxylation is 3. The number of nitrogens with one attached hydrogen (secondary N) is 2. The van der Waals surface area contributed by atoms with Crippen molar-refractivity contribution in [1.29, 1.82) is 0 Å². The fraction of sp³-hybridized carbons (Fsp3) is 0.429. The van der Waals surface area contributed by atoms with E-state index in [1.165, 1.54) is 36.0 Å². The summed E-state index contributed by atoms with van der Waals surface area (Å²) in [6.45, 7) is 6.39. The first kappa shape index (κ1) is 12.6. The van der Waals surface area contributed by atoms with Gasteiger partial charge in [-0.15, -0.1) is 0 Å². The van der Waals surface area contributed by atoms with E-state index < -0.39 is 0 Å². The monoisotopic (exact) mass is 218 g/mol. The summed E-state index contributed by atoms with van der Waals surface area (Å²) >= 11 is 0. The predicted octanol–water partition coefficient (Wildman–Crippen LogP) is 3.99. The second-order valence-electron chi connectivity index (χ2n) is 4.14. The first-order valence-corrected chi connectivity index (χ1v) is 5.95. The van der Waals surface area contributed by atoms with Gasteiger partial charge in [-0.05, 0) is 49.4 Å². The minimum atomic E-state index is 1.22. The van der Waals surface area contributed by atoms with E-state index in [2.05, 4.69) is 43.0 Å². The third-order valence-corrected chi connectivity index (χ3v) is 2.70. The highest BCUT2D eigenvalue weighted by Gasteiger charge is 1.88. The Labute approximate surface area is 98.1 Å². The van der Waals surface area contributed by atoms with Crippen LogP contribution in [-0.4, -0.2) is 9.97 Å². The number of rotatable bonds is 3. The van der Waals surface area contributed by atoms with Crippen molar-refractivity contribution < 1.29 is 0 Å². The molecule has 2 aromatic heterocycles. The van der Waals surface area contributed by atoms with Crippen molar-refractivity contribution in [3.05, 3.63) is 47.5 Å². The molecular formula is C14H22N2. The normalized spacial score (nSPS) is 9.69.